The number of alkyl halides is 3. The monoisotopic (exact) mass is 555 g/mol. The average Bonchev–Trinajstić information content (AvgIpc) is 3.58. The smallest absolute Gasteiger partial charge is 0.322 e. The third kappa shape index (κ3) is 4.98. The van der Waals surface area contributed by atoms with E-state index >= 15 is 0 Å². The number of fused-ring (bicyclic) bond motifs is 2. The normalized spacial score (nSPS) is 11.6. The Morgan fingerprint density at radius 2 is 1.56 bits per heavy atom. The van der Waals surface area contributed by atoms with Gasteiger partial charge in [-0.15, -0.1) is 0 Å². The van der Waals surface area contributed by atoms with E-state index in [-0.39, 0.29) is 22.6 Å². The fraction of sp³-hybridized carbons (Fsp3) is 0.0690. The Labute approximate surface area is 230 Å². The topological polar surface area (TPSA) is 106 Å². The van der Waals surface area contributed by atoms with Crippen LogP contribution in [0.1, 0.15) is 26.5 Å². The predicted octanol–water partition coefficient (Wildman–Crippen LogP) is 5.81. The molecule has 9 nitrogen and oxygen atoms in total. The number of benzene rings is 3. The van der Waals surface area contributed by atoms with E-state index in [0.717, 1.165) is 23.0 Å². The van der Waals surface area contributed by atoms with Crippen LogP contribution in [-0.4, -0.2) is 36.2 Å². The lowest BCUT2D eigenvalue weighted by molar-refractivity contribution is -0.142. The molecular formula is C29H20F3N7O2. The van der Waals surface area contributed by atoms with Gasteiger partial charge in [0.1, 0.15) is 5.56 Å². The molecule has 0 saturated carbocycles. The molecule has 0 radical (unpaired) electrons. The molecule has 0 spiro atoms. The second-order valence-corrected chi connectivity index (χ2v) is 9.21. The molecule has 0 unspecified atom stereocenters. The Morgan fingerprint density at radius 1 is 0.854 bits per heavy atom. The lowest BCUT2D eigenvalue weighted by atomic mass is 10.0. The van der Waals surface area contributed by atoms with Crippen LogP contribution < -0.4 is 10.6 Å². The molecule has 3 heterocycles. The first-order valence-electron chi connectivity index (χ1n) is 12.3. The number of nitrogens with one attached hydrogen (secondary N) is 2. The van der Waals surface area contributed by atoms with E-state index in [4.69, 9.17) is 0 Å². The highest BCUT2D eigenvalue weighted by Crippen LogP contribution is 2.35. The number of aromatic nitrogens is 5. The first-order valence-corrected chi connectivity index (χ1v) is 12.3. The molecule has 2 N–H and O–H groups in total. The van der Waals surface area contributed by atoms with Gasteiger partial charge in [0.05, 0.1) is 11.9 Å². The number of halogens is 3. The summed E-state index contributed by atoms with van der Waals surface area (Å²) >= 11 is 0. The molecule has 6 aromatic rings. The van der Waals surface area contributed by atoms with Gasteiger partial charge in [0, 0.05) is 30.2 Å². The SMILES string of the molecule is Cn1ccc(C(=O)Nc2cccc(NC(=O)c3cnn4c(C(F)(F)F)cc(-c5cccc6ccccc56)nc34)c2)n1. The van der Waals surface area contributed by atoms with Gasteiger partial charge in [0.2, 0.25) is 0 Å². The second-order valence-electron chi connectivity index (χ2n) is 9.21. The van der Waals surface area contributed by atoms with Crippen LogP contribution in [0.5, 0.6) is 0 Å². The van der Waals surface area contributed by atoms with E-state index in [1.165, 1.54) is 10.7 Å². The molecule has 3 aromatic carbocycles. The fourth-order valence-electron chi connectivity index (χ4n) is 4.52. The van der Waals surface area contributed by atoms with Crippen molar-refractivity contribution in [3.63, 3.8) is 0 Å². The Kier molecular flexibility index (Phi) is 6.22. The van der Waals surface area contributed by atoms with Crippen LogP contribution in [0.4, 0.5) is 24.5 Å². The van der Waals surface area contributed by atoms with E-state index in [1.54, 1.807) is 61.8 Å². The van der Waals surface area contributed by atoms with Crippen LogP contribution in [0.2, 0.25) is 0 Å². The molecule has 0 atom stereocenters. The van der Waals surface area contributed by atoms with E-state index in [1.807, 2.05) is 18.2 Å². The number of carbonyl (C=O) groups excluding carboxylic acids is 2. The number of aryl methyl sites for hydroxylation is 1. The summed E-state index contributed by atoms with van der Waals surface area (Å²) in [5.41, 5.74) is -0.0372. The maximum Gasteiger partial charge on any atom is 0.433 e. The van der Waals surface area contributed by atoms with Gasteiger partial charge >= 0.3 is 6.18 Å². The van der Waals surface area contributed by atoms with Gasteiger partial charge < -0.3 is 10.6 Å². The van der Waals surface area contributed by atoms with Crippen molar-refractivity contribution in [3.05, 3.63) is 108 Å². The minimum Gasteiger partial charge on any atom is -0.322 e. The fourth-order valence-corrected chi connectivity index (χ4v) is 4.52. The standard InChI is InChI=1S/C29H20F3N7O2/c1-38-13-12-23(37-38)28(41)35-19-9-5-8-18(14-19)34-27(40)22-16-33-39-25(29(30,31)32)15-24(36-26(22)39)21-11-4-7-17-6-2-3-10-20(17)21/h2-16H,1H3,(H,34,40)(H,35,41). The third-order valence-electron chi connectivity index (χ3n) is 6.40. The third-order valence-corrected chi connectivity index (χ3v) is 6.40. The molecule has 0 fully saturated rings. The predicted molar refractivity (Wildman–Crippen MR) is 146 cm³/mol. The average molecular weight is 556 g/mol. The van der Waals surface area contributed by atoms with E-state index in [2.05, 4.69) is 25.8 Å². The zero-order chi connectivity index (χ0) is 28.7. The van der Waals surface area contributed by atoms with E-state index in [9.17, 15) is 22.8 Å². The minimum atomic E-state index is -4.76. The van der Waals surface area contributed by atoms with Crippen molar-refractivity contribution in [1.82, 2.24) is 24.4 Å². The van der Waals surface area contributed by atoms with Crippen LogP contribution >= 0.6 is 0 Å². The molecule has 0 saturated heterocycles. The molecule has 6 rings (SSSR count). The Morgan fingerprint density at radius 3 is 2.29 bits per heavy atom. The summed E-state index contributed by atoms with van der Waals surface area (Å²) in [5, 5.41) is 14.8. The molecule has 12 heteroatoms. The highest BCUT2D eigenvalue weighted by molar-refractivity contribution is 6.09. The van der Waals surface area contributed by atoms with Gasteiger partial charge in [-0.2, -0.15) is 23.4 Å². The Bertz CT molecular complexity index is 1950. The summed E-state index contributed by atoms with van der Waals surface area (Å²) in [6, 6.07) is 21.4. The van der Waals surface area contributed by atoms with Gasteiger partial charge in [-0.3, -0.25) is 14.3 Å². The van der Waals surface area contributed by atoms with Crippen molar-refractivity contribution in [1.29, 1.82) is 0 Å². The number of rotatable bonds is 5. The molecule has 0 aliphatic rings. The van der Waals surface area contributed by atoms with Crippen molar-refractivity contribution in [2.45, 2.75) is 6.18 Å². The first-order chi connectivity index (χ1) is 19.7. The van der Waals surface area contributed by atoms with E-state index < -0.39 is 23.7 Å². The number of hydrogen-bond acceptors (Lipinski definition) is 5. The molecule has 204 valence electrons. The van der Waals surface area contributed by atoms with Crippen LogP contribution in [0, 0.1) is 0 Å². The highest BCUT2D eigenvalue weighted by atomic mass is 19.4. The maximum absolute atomic E-state index is 14.1. The molecular weight excluding hydrogens is 535 g/mol. The van der Waals surface area contributed by atoms with Crippen LogP contribution in [0.3, 0.4) is 0 Å². The number of anilines is 2. The number of hydrogen-bond donors (Lipinski definition) is 2. The number of nitrogens with zero attached hydrogens (tertiary/aromatic N) is 5. The van der Waals surface area contributed by atoms with E-state index in [0.29, 0.717) is 21.5 Å². The summed E-state index contributed by atoms with van der Waals surface area (Å²) in [5.74, 6) is -1.16. The van der Waals surface area contributed by atoms with Crippen LogP contribution in [-0.2, 0) is 13.2 Å². The minimum absolute atomic E-state index is 0.0513. The number of amides is 2. The zero-order valence-electron chi connectivity index (χ0n) is 21.3. The van der Waals surface area contributed by atoms with Crippen molar-refractivity contribution < 1.29 is 22.8 Å². The second kappa shape index (κ2) is 9.90. The zero-order valence-corrected chi connectivity index (χ0v) is 21.3. The van der Waals surface area contributed by atoms with Crippen LogP contribution in [0.15, 0.2) is 91.3 Å². The molecule has 41 heavy (non-hydrogen) atoms. The number of carbonyl (C=O) groups is 2. The summed E-state index contributed by atoms with van der Waals surface area (Å²) in [6.45, 7) is 0. The van der Waals surface area contributed by atoms with Gasteiger partial charge in [-0.1, -0.05) is 48.5 Å². The van der Waals surface area contributed by atoms with Crippen LogP contribution in [0.25, 0.3) is 27.7 Å². The van der Waals surface area contributed by atoms with Gasteiger partial charge in [0.25, 0.3) is 11.8 Å². The quantitative estimate of drug-likeness (QED) is 0.279. The highest BCUT2D eigenvalue weighted by Gasteiger charge is 2.36. The lowest BCUT2D eigenvalue weighted by Gasteiger charge is -2.13. The summed E-state index contributed by atoms with van der Waals surface area (Å²) in [4.78, 5) is 30.2. The largest absolute Gasteiger partial charge is 0.433 e. The Hall–Kier alpha value is -5.52. The molecule has 0 aliphatic carbocycles. The van der Waals surface area contributed by atoms with Gasteiger partial charge in [-0.25, -0.2) is 9.50 Å². The van der Waals surface area contributed by atoms with Crippen molar-refractivity contribution in [2.24, 2.45) is 7.05 Å². The molecule has 0 bridgehead atoms. The van der Waals surface area contributed by atoms with Gasteiger partial charge in [0.15, 0.2) is 17.0 Å². The van der Waals surface area contributed by atoms with Crippen molar-refractivity contribution in [2.75, 3.05) is 10.6 Å². The summed E-state index contributed by atoms with van der Waals surface area (Å²) in [7, 11) is 1.69. The maximum atomic E-state index is 14.1. The van der Waals surface area contributed by atoms with Crippen molar-refractivity contribution in [3.8, 4) is 11.3 Å². The molecule has 2 amide bonds. The first kappa shape index (κ1) is 25.7. The summed E-state index contributed by atoms with van der Waals surface area (Å²) in [6.07, 6.45) is -2.08. The molecule has 3 aromatic heterocycles. The summed E-state index contributed by atoms with van der Waals surface area (Å²) < 4.78 is 44.5. The Balaban J connectivity index is 1.36. The lowest BCUT2D eigenvalue weighted by Crippen LogP contribution is -2.16. The molecule has 0 aliphatic heterocycles. The van der Waals surface area contributed by atoms with Crippen molar-refractivity contribution >= 4 is 39.6 Å². The van der Waals surface area contributed by atoms with Gasteiger partial charge in [-0.05, 0) is 41.1 Å².